The zero-order valence-electron chi connectivity index (χ0n) is 17.5. The van der Waals surface area contributed by atoms with E-state index < -0.39 is 11.7 Å². The minimum atomic E-state index is -0.583. The lowest BCUT2D eigenvalue weighted by atomic mass is 10.1. The molecule has 7 heteroatoms. The molecule has 0 radical (unpaired) electrons. The Morgan fingerprint density at radius 2 is 1.77 bits per heavy atom. The highest BCUT2D eigenvalue weighted by molar-refractivity contribution is 6.04. The molecule has 1 fully saturated rings. The van der Waals surface area contributed by atoms with Gasteiger partial charge in [0.05, 0.1) is 0 Å². The molecule has 0 atom stereocenters. The van der Waals surface area contributed by atoms with Gasteiger partial charge in [-0.15, -0.1) is 0 Å². The first-order valence-corrected chi connectivity index (χ1v) is 9.98. The fourth-order valence-corrected chi connectivity index (χ4v) is 3.17. The van der Waals surface area contributed by atoms with E-state index >= 15 is 0 Å². The second-order valence-corrected chi connectivity index (χ2v) is 8.28. The molecule has 2 aromatic carbocycles. The molecule has 1 saturated heterocycles. The molecule has 158 valence electrons. The molecule has 3 amide bonds. The van der Waals surface area contributed by atoms with Crippen LogP contribution in [0.15, 0.2) is 48.5 Å². The predicted molar refractivity (Wildman–Crippen MR) is 115 cm³/mol. The topological polar surface area (TPSA) is 87.7 Å². The number of ether oxygens (including phenoxy) is 1. The van der Waals surface area contributed by atoms with Gasteiger partial charge in [0.2, 0.25) is 5.91 Å². The van der Waals surface area contributed by atoms with Gasteiger partial charge in [0, 0.05) is 36.4 Å². The third-order valence-electron chi connectivity index (χ3n) is 4.52. The second-order valence-electron chi connectivity index (χ2n) is 8.28. The number of anilines is 2. The zero-order valence-corrected chi connectivity index (χ0v) is 17.5. The van der Waals surface area contributed by atoms with Gasteiger partial charge < -0.3 is 15.0 Å². The van der Waals surface area contributed by atoms with Crippen molar-refractivity contribution in [1.29, 1.82) is 0 Å². The first kappa shape index (κ1) is 21.4. The van der Waals surface area contributed by atoms with Crippen molar-refractivity contribution < 1.29 is 19.1 Å². The smallest absolute Gasteiger partial charge is 0.412 e. The summed E-state index contributed by atoms with van der Waals surface area (Å²) in [6.45, 7) is 6.70. The Labute approximate surface area is 176 Å². The van der Waals surface area contributed by atoms with Crippen molar-refractivity contribution in [2.45, 2.75) is 45.8 Å². The quantitative estimate of drug-likeness (QED) is 0.766. The third-order valence-corrected chi connectivity index (χ3v) is 4.52. The third kappa shape index (κ3) is 6.07. The van der Waals surface area contributed by atoms with Crippen molar-refractivity contribution in [3.8, 4) is 0 Å². The molecule has 1 heterocycles. The number of nitrogens with zero attached hydrogens (tertiary/aromatic N) is 1. The van der Waals surface area contributed by atoms with Gasteiger partial charge in [-0.2, -0.15) is 0 Å². The number of likely N-dealkylation sites (tertiary alicyclic amines) is 1. The van der Waals surface area contributed by atoms with Crippen LogP contribution in [-0.2, 0) is 16.1 Å². The molecule has 0 spiro atoms. The maximum atomic E-state index is 12.6. The summed E-state index contributed by atoms with van der Waals surface area (Å²) < 4.78 is 5.21. The summed E-state index contributed by atoms with van der Waals surface area (Å²) in [5.41, 5.74) is 2.06. The molecule has 2 aromatic rings. The van der Waals surface area contributed by atoms with Gasteiger partial charge >= 0.3 is 6.09 Å². The highest BCUT2D eigenvalue weighted by Crippen LogP contribution is 2.18. The molecule has 7 nitrogen and oxygen atoms in total. The van der Waals surface area contributed by atoms with E-state index in [4.69, 9.17) is 4.74 Å². The van der Waals surface area contributed by atoms with Crippen molar-refractivity contribution in [3.05, 3.63) is 59.7 Å². The van der Waals surface area contributed by atoms with Crippen molar-refractivity contribution in [2.75, 3.05) is 17.2 Å². The Morgan fingerprint density at radius 3 is 2.40 bits per heavy atom. The lowest BCUT2D eigenvalue weighted by Gasteiger charge is -2.19. The van der Waals surface area contributed by atoms with E-state index in [0.717, 1.165) is 18.5 Å². The van der Waals surface area contributed by atoms with Gasteiger partial charge in [-0.3, -0.25) is 14.9 Å². The maximum Gasteiger partial charge on any atom is 0.412 e. The average molecular weight is 409 g/mol. The number of carbonyl (C=O) groups excluding carboxylic acids is 3. The van der Waals surface area contributed by atoms with Crippen LogP contribution in [0.3, 0.4) is 0 Å². The van der Waals surface area contributed by atoms with Crippen LogP contribution in [0.1, 0.15) is 49.5 Å². The van der Waals surface area contributed by atoms with E-state index in [1.165, 1.54) is 0 Å². The molecule has 0 aliphatic carbocycles. The van der Waals surface area contributed by atoms with Crippen molar-refractivity contribution in [2.24, 2.45) is 0 Å². The summed E-state index contributed by atoms with van der Waals surface area (Å²) in [5, 5.41) is 5.51. The summed E-state index contributed by atoms with van der Waals surface area (Å²) >= 11 is 0. The molecule has 0 unspecified atom stereocenters. The number of amides is 3. The Kier molecular flexibility index (Phi) is 6.40. The zero-order chi connectivity index (χ0) is 21.7. The normalized spacial score (nSPS) is 13.8. The molecule has 0 bridgehead atoms. The van der Waals surface area contributed by atoms with E-state index in [2.05, 4.69) is 10.6 Å². The number of hydrogen-bond donors (Lipinski definition) is 2. The van der Waals surface area contributed by atoms with Crippen LogP contribution in [0.4, 0.5) is 16.2 Å². The van der Waals surface area contributed by atoms with Gasteiger partial charge in [-0.1, -0.05) is 12.1 Å². The van der Waals surface area contributed by atoms with Crippen LogP contribution >= 0.6 is 0 Å². The molecular weight excluding hydrogens is 382 g/mol. The predicted octanol–water partition coefficient (Wildman–Crippen LogP) is 4.41. The highest BCUT2D eigenvalue weighted by Gasteiger charge is 2.20. The summed E-state index contributed by atoms with van der Waals surface area (Å²) in [6, 6.07) is 14.1. The van der Waals surface area contributed by atoms with Gasteiger partial charge in [-0.05, 0) is 69.2 Å². The maximum absolute atomic E-state index is 12.6. The van der Waals surface area contributed by atoms with Crippen LogP contribution in [0.2, 0.25) is 0 Å². The number of carbonyl (C=O) groups is 3. The van der Waals surface area contributed by atoms with Gasteiger partial charge in [0.15, 0.2) is 0 Å². The number of nitrogens with one attached hydrogen (secondary N) is 2. The number of benzene rings is 2. The lowest BCUT2D eigenvalue weighted by Crippen LogP contribution is -2.27. The summed E-state index contributed by atoms with van der Waals surface area (Å²) in [6.07, 6.45) is 0.955. The Bertz CT molecular complexity index is 932. The Balaban J connectivity index is 1.58. The summed E-state index contributed by atoms with van der Waals surface area (Å²) in [5.74, 6) is -0.0854. The lowest BCUT2D eigenvalue weighted by molar-refractivity contribution is -0.128. The first-order valence-electron chi connectivity index (χ1n) is 9.98. The van der Waals surface area contributed by atoms with Crippen LogP contribution in [0, 0.1) is 0 Å². The van der Waals surface area contributed by atoms with Crippen molar-refractivity contribution in [3.63, 3.8) is 0 Å². The van der Waals surface area contributed by atoms with Gasteiger partial charge in [0.25, 0.3) is 5.91 Å². The summed E-state index contributed by atoms with van der Waals surface area (Å²) in [7, 11) is 0. The molecule has 0 aromatic heterocycles. The van der Waals surface area contributed by atoms with Crippen LogP contribution in [0.25, 0.3) is 0 Å². The summed E-state index contributed by atoms with van der Waals surface area (Å²) in [4.78, 5) is 38.0. The van der Waals surface area contributed by atoms with E-state index in [9.17, 15) is 14.4 Å². The van der Waals surface area contributed by atoms with Crippen LogP contribution in [0.5, 0.6) is 0 Å². The van der Waals surface area contributed by atoms with E-state index in [-0.39, 0.29) is 11.8 Å². The minimum absolute atomic E-state index is 0.171. The molecule has 2 N–H and O–H groups in total. The Morgan fingerprint density at radius 1 is 1.03 bits per heavy atom. The van der Waals surface area contributed by atoms with E-state index in [1.807, 2.05) is 29.2 Å². The monoisotopic (exact) mass is 409 g/mol. The molecule has 1 aliphatic rings. The second kappa shape index (κ2) is 8.98. The Hall–Kier alpha value is -3.35. The number of rotatable bonds is 5. The van der Waals surface area contributed by atoms with E-state index in [1.54, 1.807) is 45.0 Å². The SMILES string of the molecule is CC(C)(C)OC(=O)Nc1ccc(C(=O)Nc2cccc(CN3CCCC3=O)c2)cc1. The number of hydrogen-bond acceptors (Lipinski definition) is 4. The van der Waals surface area contributed by atoms with E-state index in [0.29, 0.717) is 29.9 Å². The van der Waals surface area contributed by atoms with Gasteiger partial charge in [-0.25, -0.2) is 4.79 Å². The molecular formula is C23H27N3O4. The minimum Gasteiger partial charge on any atom is -0.444 e. The largest absolute Gasteiger partial charge is 0.444 e. The van der Waals surface area contributed by atoms with Crippen molar-refractivity contribution in [1.82, 2.24) is 4.90 Å². The van der Waals surface area contributed by atoms with Crippen LogP contribution in [-0.4, -0.2) is 35.0 Å². The highest BCUT2D eigenvalue weighted by atomic mass is 16.6. The average Bonchev–Trinajstić information content (AvgIpc) is 3.05. The first-order chi connectivity index (χ1) is 14.2. The van der Waals surface area contributed by atoms with Crippen LogP contribution < -0.4 is 10.6 Å². The standard InChI is InChI=1S/C23H27N3O4/c1-23(2,3)30-22(29)25-18-11-9-17(10-12-18)21(28)24-19-7-4-6-16(14-19)15-26-13-5-8-20(26)27/h4,6-7,9-12,14H,5,8,13,15H2,1-3H3,(H,24,28)(H,25,29). The fraction of sp³-hybridized carbons (Fsp3) is 0.348. The van der Waals surface area contributed by atoms with Gasteiger partial charge in [0.1, 0.15) is 5.60 Å². The fourth-order valence-electron chi connectivity index (χ4n) is 3.17. The van der Waals surface area contributed by atoms with Crippen molar-refractivity contribution >= 4 is 29.3 Å². The molecule has 30 heavy (non-hydrogen) atoms. The molecule has 3 rings (SSSR count). The molecule has 0 saturated carbocycles. The molecule has 1 aliphatic heterocycles.